The van der Waals surface area contributed by atoms with Gasteiger partial charge >= 0.3 is 12.1 Å². The van der Waals surface area contributed by atoms with Gasteiger partial charge in [-0.3, -0.25) is 0 Å². The summed E-state index contributed by atoms with van der Waals surface area (Å²) in [4.78, 5) is 18.3. The van der Waals surface area contributed by atoms with Crippen LogP contribution in [0.3, 0.4) is 0 Å². The molecule has 3 fully saturated rings. The Balaban J connectivity index is 1.05. The van der Waals surface area contributed by atoms with Gasteiger partial charge in [0, 0.05) is 41.2 Å². The van der Waals surface area contributed by atoms with Crippen molar-refractivity contribution < 1.29 is 32.7 Å². The van der Waals surface area contributed by atoms with Crippen molar-refractivity contribution in [3.05, 3.63) is 76.7 Å². The molecule has 7 rings (SSSR count). The maximum Gasteiger partial charge on any atom is 0.417 e. The highest BCUT2D eigenvalue weighted by Crippen LogP contribution is 2.55. The van der Waals surface area contributed by atoms with E-state index in [1.807, 2.05) is 12.1 Å². The van der Waals surface area contributed by atoms with Crippen LogP contribution >= 0.6 is 0 Å². The zero-order chi connectivity index (χ0) is 31.5. The van der Waals surface area contributed by atoms with E-state index in [9.17, 15) is 28.2 Å². The van der Waals surface area contributed by atoms with E-state index in [4.69, 9.17) is 4.52 Å². The summed E-state index contributed by atoms with van der Waals surface area (Å²) in [6.07, 6.45) is 2.04. The third-order valence-electron chi connectivity index (χ3n) is 9.99. The molecule has 0 radical (unpaired) electrons. The number of rotatable bonds is 8. The first kappa shape index (κ1) is 29.8. The molecule has 2 saturated carbocycles. The fraction of sp³-hybridized carbons (Fsp3) is 0.457. The lowest BCUT2D eigenvalue weighted by atomic mass is 9.56. The molecule has 1 atom stereocenters. The van der Waals surface area contributed by atoms with Crippen molar-refractivity contribution in [2.45, 2.75) is 76.5 Å². The lowest BCUT2D eigenvalue weighted by Crippen LogP contribution is -2.47. The largest absolute Gasteiger partial charge is 0.477 e. The molecule has 7 nitrogen and oxygen atoms in total. The summed E-state index contributed by atoms with van der Waals surface area (Å²) in [5.41, 5.74) is 3.24. The predicted octanol–water partition coefficient (Wildman–Crippen LogP) is 7.65. The van der Waals surface area contributed by atoms with Crippen molar-refractivity contribution in [2.75, 3.05) is 18.0 Å². The van der Waals surface area contributed by atoms with Gasteiger partial charge in [0.2, 0.25) is 0 Å². The summed E-state index contributed by atoms with van der Waals surface area (Å²) in [5, 5.41) is 24.6. The Morgan fingerprint density at radius 2 is 1.84 bits per heavy atom. The molecule has 3 aliphatic rings. The number of aliphatic hydroxyl groups is 1. The van der Waals surface area contributed by atoms with E-state index in [-0.39, 0.29) is 22.6 Å². The van der Waals surface area contributed by atoms with Crippen molar-refractivity contribution in [2.24, 2.45) is 11.3 Å². The number of nitrogens with zero attached hydrogens (tertiary/aromatic N) is 3. The number of halogens is 3. The van der Waals surface area contributed by atoms with Gasteiger partial charge in [-0.2, -0.15) is 13.2 Å². The van der Waals surface area contributed by atoms with Gasteiger partial charge in [-0.05, 0) is 106 Å². The van der Waals surface area contributed by atoms with Crippen molar-refractivity contribution in [3.63, 3.8) is 0 Å². The molecule has 2 aromatic carbocycles. The van der Waals surface area contributed by atoms with Crippen molar-refractivity contribution >= 4 is 22.6 Å². The molecule has 45 heavy (non-hydrogen) atoms. The van der Waals surface area contributed by atoms with Gasteiger partial charge < -0.3 is 19.6 Å². The topological polar surface area (TPSA) is 99.7 Å². The number of anilines is 1. The van der Waals surface area contributed by atoms with Crippen LogP contribution in [0.1, 0.15) is 84.3 Å². The molecule has 10 heteroatoms. The third kappa shape index (κ3) is 5.80. The Labute approximate surface area is 259 Å². The lowest BCUT2D eigenvalue weighted by Gasteiger charge is -2.53. The number of fused-ring (bicyclic) bond motifs is 1. The normalized spacial score (nSPS) is 19.2. The first-order valence-corrected chi connectivity index (χ1v) is 15.7. The predicted molar refractivity (Wildman–Crippen MR) is 163 cm³/mol. The Morgan fingerprint density at radius 3 is 2.51 bits per heavy atom. The fourth-order valence-corrected chi connectivity index (χ4v) is 7.66. The molecule has 2 aromatic heterocycles. The fourth-order valence-electron chi connectivity index (χ4n) is 7.66. The summed E-state index contributed by atoms with van der Waals surface area (Å²) < 4.78 is 47.3. The smallest absolute Gasteiger partial charge is 0.417 e. The first-order chi connectivity index (χ1) is 21.5. The van der Waals surface area contributed by atoms with Crippen LogP contribution in [0.15, 0.2) is 53.1 Å². The SMILES string of the molecule is CC(O)Cc1cc(C(=O)O)nc2ccc(N3CCC4(CC3)CC(Cc3c(-c5ccccc5C(F)(F)F)noc3C3CC3)C4)cc12. The second kappa shape index (κ2) is 11.2. The highest BCUT2D eigenvalue weighted by molar-refractivity contribution is 5.93. The van der Waals surface area contributed by atoms with Gasteiger partial charge in [-0.1, -0.05) is 23.4 Å². The molecule has 1 aliphatic heterocycles. The monoisotopic (exact) mass is 619 g/mol. The summed E-state index contributed by atoms with van der Waals surface area (Å²) >= 11 is 0. The van der Waals surface area contributed by atoms with E-state index in [0.717, 1.165) is 85.6 Å². The number of aliphatic hydroxyl groups excluding tert-OH is 1. The van der Waals surface area contributed by atoms with Crippen LogP contribution < -0.4 is 4.90 Å². The number of aromatic nitrogens is 2. The number of carboxylic acids is 1. The number of carboxylic acid groups (broad SMARTS) is 1. The number of hydrogen-bond acceptors (Lipinski definition) is 6. The van der Waals surface area contributed by atoms with E-state index in [2.05, 4.69) is 21.1 Å². The molecule has 0 bridgehead atoms. The van der Waals surface area contributed by atoms with E-state index >= 15 is 0 Å². The van der Waals surface area contributed by atoms with Crippen molar-refractivity contribution in [3.8, 4) is 11.3 Å². The standard InChI is InChI=1S/C35H36F3N3O4/c1-20(42)14-23-16-30(33(43)44)39-29-9-8-24(17-26(23)29)41-12-10-34(11-13-41)18-21(19-34)15-27-31(40-45-32(27)22-6-7-22)25-4-2-3-5-28(25)35(36,37)38/h2-5,8-9,16-17,20-22,42H,6-7,10-15,18-19H2,1H3,(H,43,44). The average Bonchev–Trinajstić information content (AvgIpc) is 3.75. The van der Waals surface area contributed by atoms with Gasteiger partial charge in [0.15, 0.2) is 0 Å². The molecule has 1 unspecified atom stereocenters. The van der Waals surface area contributed by atoms with Gasteiger partial charge in [0.25, 0.3) is 0 Å². The maximum absolute atomic E-state index is 13.9. The lowest BCUT2D eigenvalue weighted by molar-refractivity contribution is -0.137. The third-order valence-corrected chi connectivity index (χ3v) is 9.99. The van der Waals surface area contributed by atoms with Gasteiger partial charge in [-0.15, -0.1) is 0 Å². The van der Waals surface area contributed by atoms with E-state index in [0.29, 0.717) is 30.0 Å². The summed E-state index contributed by atoms with van der Waals surface area (Å²) in [5.74, 6) is 0.311. The van der Waals surface area contributed by atoms with E-state index in [1.54, 1.807) is 19.1 Å². The highest BCUT2D eigenvalue weighted by atomic mass is 19.4. The Bertz CT molecular complexity index is 1740. The number of pyridine rings is 1. The molecule has 4 aromatic rings. The molecule has 1 spiro atoms. The molecule has 2 aliphatic carbocycles. The number of hydrogen-bond donors (Lipinski definition) is 2. The van der Waals surface area contributed by atoms with Crippen LogP contribution in [0.5, 0.6) is 0 Å². The first-order valence-electron chi connectivity index (χ1n) is 15.7. The number of benzene rings is 2. The molecule has 0 amide bonds. The molecule has 3 heterocycles. The highest BCUT2D eigenvalue weighted by Gasteiger charge is 2.47. The second-order valence-electron chi connectivity index (χ2n) is 13.4. The van der Waals surface area contributed by atoms with Gasteiger partial charge in [-0.25, -0.2) is 9.78 Å². The molecular formula is C35H36F3N3O4. The summed E-state index contributed by atoms with van der Waals surface area (Å²) in [7, 11) is 0. The van der Waals surface area contributed by atoms with Crippen LogP contribution in [-0.4, -0.2) is 45.5 Å². The number of piperidine rings is 1. The van der Waals surface area contributed by atoms with E-state index < -0.39 is 23.8 Å². The molecule has 2 N–H and O–H groups in total. The van der Waals surface area contributed by atoms with Crippen LogP contribution in [-0.2, 0) is 19.0 Å². The number of carbonyl (C=O) groups is 1. The molecule has 1 saturated heterocycles. The van der Waals surface area contributed by atoms with Crippen LogP contribution in [0.25, 0.3) is 22.2 Å². The molecule has 236 valence electrons. The summed E-state index contributed by atoms with van der Waals surface area (Å²) in [6.45, 7) is 3.45. The average molecular weight is 620 g/mol. The summed E-state index contributed by atoms with van der Waals surface area (Å²) in [6, 6.07) is 13.1. The number of alkyl halides is 3. The van der Waals surface area contributed by atoms with Gasteiger partial charge in [0.1, 0.15) is 17.1 Å². The van der Waals surface area contributed by atoms with Gasteiger partial charge in [0.05, 0.1) is 17.2 Å². The van der Waals surface area contributed by atoms with Crippen LogP contribution in [0.2, 0.25) is 0 Å². The zero-order valence-electron chi connectivity index (χ0n) is 25.1. The van der Waals surface area contributed by atoms with Crippen molar-refractivity contribution in [1.82, 2.24) is 10.1 Å². The molecular weight excluding hydrogens is 583 g/mol. The second-order valence-corrected chi connectivity index (χ2v) is 13.4. The minimum absolute atomic E-state index is 0.0301. The van der Waals surface area contributed by atoms with Crippen LogP contribution in [0.4, 0.5) is 18.9 Å². The Hall–Kier alpha value is -3.92. The Morgan fingerprint density at radius 1 is 1.11 bits per heavy atom. The zero-order valence-corrected chi connectivity index (χ0v) is 25.1. The Kier molecular flexibility index (Phi) is 7.38. The number of aromatic carboxylic acids is 1. The van der Waals surface area contributed by atoms with Crippen molar-refractivity contribution in [1.29, 1.82) is 0 Å². The minimum Gasteiger partial charge on any atom is -0.477 e. The minimum atomic E-state index is -4.47. The maximum atomic E-state index is 13.9. The van der Waals surface area contributed by atoms with Crippen LogP contribution in [0, 0.1) is 11.3 Å². The quantitative estimate of drug-likeness (QED) is 0.209. The van der Waals surface area contributed by atoms with E-state index in [1.165, 1.54) is 12.1 Å².